The molecule has 0 radical (unpaired) electrons. The van der Waals surface area contributed by atoms with Crippen molar-refractivity contribution >= 4 is 52.6 Å². The Labute approximate surface area is 170 Å². The number of aromatic amines is 1. The molecule has 2 amide bonds. The van der Waals surface area contributed by atoms with Gasteiger partial charge in [0.05, 0.1) is 5.69 Å². The second kappa shape index (κ2) is 8.08. The Morgan fingerprint density at radius 1 is 1.48 bits per heavy atom. The Morgan fingerprint density at radius 3 is 2.76 bits per heavy atom. The van der Waals surface area contributed by atoms with Crippen LogP contribution in [0.25, 0.3) is 0 Å². The van der Waals surface area contributed by atoms with Crippen LogP contribution < -0.4 is 10.1 Å². The number of ether oxygens (including phenoxy) is 1. The molecular weight excluding hydrogens is 426 g/mol. The zero-order valence-corrected chi connectivity index (χ0v) is 16.4. The quantitative estimate of drug-likeness (QED) is 0.123. The molecule has 0 aliphatic carbocycles. The van der Waals surface area contributed by atoms with Crippen LogP contribution in [0.5, 0.6) is 0 Å². The number of thiazole rings is 1. The van der Waals surface area contributed by atoms with Crippen LogP contribution in [0.15, 0.2) is 21.8 Å². The highest BCUT2D eigenvalue weighted by atomic mass is 32.2. The molecule has 1 aromatic heterocycles. The van der Waals surface area contributed by atoms with Crippen LogP contribution in [-0.4, -0.2) is 73.4 Å². The molecule has 2 atom stereocenters. The summed E-state index contributed by atoms with van der Waals surface area (Å²) in [5.41, 5.74) is -0.293. The van der Waals surface area contributed by atoms with Gasteiger partial charge in [0.1, 0.15) is 23.7 Å². The number of thioether (sulfide) groups is 1. The summed E-state index contributed by atoms with van der Waals surface area (Å²) >= 11 is 2.19. The van der Waals surface area contributed by atoms with Gasteiger partial charge in [-0.1, -0.05) is 5.16 Å². The normalized spacial score (nSPS) is 21.3. The van der Waals surface area contributed by atoms with Gasteiger partial charge in [-0.05, 0) is 0 Å². The molecule has 5 N–H and O–H groups in total. The van der Waals surface area contributed by atoms with Gasteiger partial charge >= 0.3 is 11.9 Å². The number of β-lactam (4-membered cyclic amide) rings is 1. The summed E-state index contributed by atoms with van der Waals surface area (Å²) in [6, 6.07) is -1.03. The lowest BCUT2D eigenvalue weighted by Gasteiger charge is -2.49. The molecule has 12 nitrogen and oxygen atoms in total. The van der Waals surface area contributed by atoms with E-state index in [9.17, 15) is 24.3 Å². The van der Waals surface area contributed by atoms with Gasteiger partial charge in [-0.2, -0.15) is 0 Å². The van der Waals surface area contributed by atoms with Crippen LogP contribution in [0.2, 0.25) is 0 Å². The number of carboxylic acid groups (broad SMARTS) is 1. The summed E-state index contributed by atoms with van der Waals surface area (Å²) in [5.74, 6) is -3.24. The number of oxime groups is 1. The fourth-order valence-corrected chi connectivity index (χ4v) is 4.73. The Kier molecular flexibility index (Phi) is 5.74. The van der Waals surface area contributed by atoms with Crippen molar-refractivity contribution in [3.63, 3.8) is 0 Å². The lowest BCUT2D eigenvalue weighted by molar-refractivity contribution is -0.150. The fraction of sp³-hybridized carbons (Fsp3) is 0.333. The predicted molar refractivity (Wildman–Crippen MR) is 99.2 cm³/mol. The Hall–Kier alpha value is -3.13. The number of aliphatic carboxylic acids is 1. The number of nitrogens with zero attached hydrogens (tertiary/aromatic N) is 2. The fourth-order valence-electron chi connectivity index (χ4n) is 2.83. The number of rotatable bonds is 6. The lowest BCUT2D eigenvalue weighted by Crippen LogP contribution is -2.71. The minimum Gasteiger partial charge on any atom is -0.477 e. The number of esters is 1. The molecule has 14 heteroatoms. The average molecular weight is 441 g/mol. The average Bonchev–Trinajstić information content (AvgIpc) is 3.09. The van der Waals surface area contributed by atoms with Crippen molar-refractivity contribution in [2.45, 2.75) is 18.3 Å². The monoisotopic (exact) mass is 441 g/mol. The lowest BCUT2D eigenvalue weighted by atomic mass is 10.0. The highest BCUT2D eigenvalue weighted by molar-refractivity contribution is 8.00. The van der Waals surface area contributed by atoms with E-state index < -0.39 is 40.9 Å². The summed E-state index contributed by atoms with van der Waals surface area (Å²) < 4.78 is 4.85. The molecular formula is C15H15N5O7S2. The van der Waals surface area contributed by atoms with Gasteiger partial charge in [0.2, 0.25) is 0 Å². The van der Waals surface area contributed by atoms with Crippen LogP contribution in [0, 0.1) is 5.41 Å². The molecule has 1 fully saturated rings. The molecule has 0 bridgehead atoms. The Bertz CT molecular complexity index is 1010. The predicted octanol–water partition coefficient (Wildman–Crippen LogP) is -0.964. The summed E-state index contributed by atoms with van der Waals surface area (Å²) in [4.78, 5) is 51.2. The van der Waals surface area contributed by atoms with Crippen LogP contribution in [0.3, 0.4) is 0 Å². The van der Waals surface area contributed by atoms with E-state index in [0.29, 0.717) is 0 Å². The summed E-state index contributed by atoms with van der Waals surface area (Å²) in [6.45, 7) is 0.942. The second-order valence-corrected chi connectivity index (χ2v) is 7.94. The van der Waals surface area contributed by atoms with Crippen molar-refractivity contribution in [3.05, 3.63) is 27.1 Å². The number of H-pyrrole nitrogens is 1. The number of fused-ring (bicyclic) bond motifs is 1. The van der Waals surface area contributed by atoms with Crippen molar-refractivity contribution in [1.82, 2.24) is 15.2 Å². The van der Waals surface area contributed by atoms with Gasteiger partial charge < -0.3 is 25.4 Å². The number of hydrogen-bond donors (Lipinski definition) is 5. The SMILES string of the molecule is CC(=O)OCC1=C(C(=O)O)N2C(=O)C(NC(=O)C(=NO)c3csc(=N)[nH]3)[C@@H]2SC1. The van der Waals surface area contributed by atoms with Gasteiger partial charge in [-0.25, -0.2) is 4.79 Å². The maximum Gasteiger partial charge on any atom is 0.352 e. The number of amides is 2. The summed E-state index contributed by atoms with van der Waals surface area (Å²) in [7, 11) is 0. The molecule has 2 aliphatic heterocycles. The van der Waals surface area contributed by atoms with Crippen LogP contribution in [0.1, 0.15) is 12.6 Å². The number of carbonyl (C=O) groups excluding carboxylic acids is 3. The third-order valence-corrected chi connectivity index (χ3v) is 6.13. The smallest absolute Gasteiger partial charge is 0.352 e. The van der Waals surface area contributed by atoms with Crippen molar-refractivity contribution in [1.29, 1.82) is 5.41 Å². The molecule has 3 rings (SSSR count). The molecule has 29 heavy (non-hydrogen) atoms. The van der Waals surface area contributed by atoms with Gasteiger partial charge in [-0.3, -0.25) is 24.7 Å². The summed E-state index contributed by atoms with van der Waals surface area (Å²) in [5, 5.41) is 32.2. The molecule has 1 aromatic rings. The van der Waals surface area contributed by atoms with Crippen LogP contribution in [0.4, 0.5) is 0 Å². The molecule has 154 valence electrons. The Morgan fingerprint density at radius 2 is 2.21 bits per heavy atom. The van der Waals surface area contributed by atoms with Crippen molar-refractivity contribution in [2.24, 2.45) is 5.16 Å². The van der Waals surface area contributed by atoms with E-state index in [2.05, 4.69) is 15.5 Å². The third kappa shape index (κ3) is 3.88. The molecule has 1 saturated heterocycles. The zero-order valence-electron chi connectivity index (χ0n) is 14.8. The highest BCUT2D eigenvalue weighted by Gasteiger charge is 2.54. The summed E-state index contributed by atoms with van der Waals surface area (Å²) in [6.07, 6.45) is 0. The van der Waals surface area contributed by atoms with Crippen LogP contribution >= 0.6 is 23.1 Å². The van der Waals surface area contributed by atoms with Crippen molar-refractivity contribution in [3.8, 4) is 0 Å². The van der Waals surface area contributed by atoms with E-state index >= 15 is 0 Å². The van der Waals surface area contributed by atoms with E-state index in [1.807, 2.05) is 0 Å². The first kappa shape index (κ1) is 20.6. The third-order valence-electron chi connectivity index (χ3n) is 4.10. The van der Waals surface area contributed by atoms with E-state index in [4.69, 9.17) is 15.4 Å². The van der Waals surface area contributed by atoms with E-state index in [0.717, 1.165) is 16.2 Å². The van der Waals surface area contributed by atoms with E-state index in [1.54, 1.807) is 0 Å². The van der Waals surface area contributed by atoms with Gasteiger partial charge in [0, 0.05) is 23.6 Å². The Balaban J connectivity index is 1.76. The minimum atomic E-state index is -1.34. The first-order chi connectivity index (χ1) is 13.7. The van der Waals surface area contributed by atoms with Crippen molar-refractivity contribution < 1.29 is 34.2 Å². The van der Waals surface area contributed by atoms with Gasteiger partial charge in [-0.15, -0.1) is 23.1 Å². The molecule has 2 aliphatic rings. The first-order valence-electron chi connectivity index (χ1n) is 8.03. The number of carbonyl (C=O) groups is 4. The first-order valence-corrected chi connectivity index (χ1v) is 9.96. The van der Waals surface area contributed by atoms with Gasteiger partial charge in [0.15, 0.2) is 10.5 Å². The maximum atomic E-state index is 12.5. The standard InChI is InChI=1S/C15H15N5O7S2/c1-5(21)27-2-6-3-28-13-9(12(23)20(13)10(6)14(24)25)18-11(22)8(19-26)7-4-29-15(16)17-7/h4,9,13,26H,2-3H2,1H3,(H2,16,17)(H,18,22)(H,24,25)/t9?,13-/m0/s1. The number of aromatic nitrogens is 1. The van der Waals surface area contributed by atoms with E-state index in [1.165, 1.54) is 24.1 Å². The molecule has 0 saturated carbocycles. The zero-order chi connectivity index (χ0) is 21.3. The highest BCUT2D eigenvalue weighted by Crippen LogP contribution is 2.40. The molecule has 1 unspecified atom stereocenters. The van der Waals surface area contributed by atoms with E-state index in [-0.39, 0.29) is 34.1 Å². The number of hydrogen-bond acceptors (Lipinski definition) is 10. The number of carboxylic acids is 1. The second-order valence-electron chi connectivity index (χ2n) is 5.95. The minimum absolute atomic E-state index is 0.0410. The number of nitrogens with one attached hydrogen (secondary N) is 3. The molecule has 3 heterocycles. The largest absolute Gasteiger partial charge is 0.477 e. The molecule has 0 aromatic carbocycles. The van der Waals surface area contributed by atoms with Gasteiger partial charge in [0.25, 0.3) is 11.8 Å². The topological polar surface area (TPSA) is 185 Å². The molecule has 0 spiro atoms. The van der Waals surface area contributed by atoms with Crippen LogP contribution in [-0.2, 0) is 23.9 Å². The van der Waals surface area contributed by atoms with Crippen molar-refractivity contribution in [2.75, 3.05) is 12.4 Å². The maximum absolute atomic E-state index is 12.5.